The van der Waals surface area contributed by atoms with Crippen molar-refractivity contribution in [3.63, 3.8) is 0 Å². The molecule has 7 heteroatoms. The van der Waals surface area contributed by atoms with Gasteiger partial charge in [-0.1, -0.05) is 12.1 Å². The first-order valence-corrected chi connectivity index (χ1v) is 7.76. The van der Waals surface area contributed by atoms with Gasteiger partial charge in [-0.25, -0.2) is 8.42 Å². The van der Waals surface area contributed by atoms with E-state index in [1.54, 1.807) is 19.1 Å². The monoisotopic (exact) mass is 305 g/mol. The molecule has 0 aromatic heterocycles. The molecule has 5 nitrogen and oxygen atoms in total. The maximum atomic E-state index is 12.1. The number of ether oxygens (including phenoxy) is 1. The van der Waals surface area contributed by atoms with Crippen LogP contribution in [0.25, 0.3) is 0 Å². The Hall–Kier alpha value is -1.11. The Morgan fingerprint density at radius 1 is 1.47 bits per heavy atom. The van der Waals surface area contributed by atoms with E-state index in [1.807, 2.05) is 0 Å². The minimum atomic E-state index is -3.76. The summed E-state index contributed by atoms with van der Waals surface area (Å²) in [6, 6.07) is 5.29. The summed E-state index contributed by atoms with van der Waals surface area (Å²) in [6.07, 6.45) is 0. The molecule has 19 heavy (non-hydrogen) atoms. The van der Waals surface area contributed by atoms with Gasteiger partial charge in [-0.05, 0) is 31.5 Å². The fraction of sp³-hybridized carbons (Fsp3) is 0.417. The van der Waals surface area contributed by atoms with Gasteiger partial charge in [0.05, 0.1) is 11.5 Å². The Morgan fingerprint density at radius 3 is 2.74 bits per heavy atom. The maximum Gasteiger partial charge on any atom is 0.323 e. The van der Waals surface area contributed by atoms with E-state index < -0.39 is 22.0 Å². The van der Waals surface area contributed by atoms with Crippen LogP contribution in [0.15, 0.2) is 29.2 Å². The summed E-state index contributed by atoms with van der Waals surface area (Å²) < 4.78 is 31.1. The Labute approximate surface area is 118 Å². The van der Waals surface area contributed by atoms with Gasteiger partial charge in [0.25, 0.3) is 0 Å². The average molecular weight is 306 g/mol. The highest BCUT2D eigenvalue weighted by Gasteiger charge is 2.22. The van der Waals surface area contributed by atoms with Gasteiger partial charge in [0.1, 0.15) is 6.04 Å². The smallest absolute Gasteiger partial charge is 0.323 e. The van der Waals surface area contributed by atoms with Gasteiger partial charge in [-0.2, -0.15) is 4.72 Å². The van der Waals surface area contributed by atoms with Gasteiger partial charge in [-0.3, -0.25) is 4.79 Å². The van der Waals surface area contributed by atoms with Gasteiger partial charge < -0.3 is 4.74 Å². The van der Waals surface area contributed by atoms with Crippen LogP contribution < -0.4 is 4.72 Å². The van der Waals surface area contributed by atoms with Crippen molar-refractivity contribution in [2.45, 2.75) is 30.7 Å². The van der Waals surface area contributed by atoms with Crippen LogP contribution in [0.1, 0.15) is 19.4 Å². The molecule has 1 N–H and O–H groups in total. The molecular weight excluding hydrogens is 290 g/mol. The fourth-order valence-electron chi connectivity index (χ4n) is 1.41. The zero-order chi connectivity index (χ0) is 14.5. The van der Waals surface area contributed by atoms with Crippen LogP contribution in [0, 0.1) is 0 Å². The number of alkyl halides is 1. The van der Waals surface area contributed by atoms with E-state index in [0.29, 0.717) is 5.56 Å². The number of carbonyl (C=O) groups excluding carboxylic acids is 1. The van der Waals surface area contributed by atoms with E-state index in [4.69, 9.17) is 16.3 Å². The van der Waals surface area contributed by atoms with E-state index in [-0.39, 0.29) is 17.4 Å². The van der Waals surface area contributed by atoms with Crippen LogP contribution in [0.3, 0.4) is 0 Å². The SMILES string of the molecule is CCOC(=O)C(C)NS(=O)(=O)c1cccc(CCl)c1. The van der Waals surface area contributed by atoms with Crippen molar-refractivity contribution in [2.24, 2.45) is 0 Å². The van der Waals surface area contributed by atoms with Gasteiger partial charge in [-0.15, -0.1) is 11.6 Å². The number of carbonyl (C=O) groups is 1. The third kappa shape index (κ3) is 4.49. The Morgan fingerprint density at radius 2 is 2.16 bits per heavy atom. The topological polar surface area (TPSA) is 72.5 Å². The molecule has 1 atom stereocenters. The van der Waals surface area contributed by atoms with E-state index in [0.717, 1.165) is 0 Å². The Bertz CT molecular complexity index is 544. The lowest BCUT2D eigenvalue weighted by atomic mass is 10.2. The molecule has 0 amide bonds. The van der Waals surface area contributed by atoms with Crippen LogP contribution in [0.2, 0.25) is 0 Å². The fourth-order valence-corrected chi connectivity index (χ4v) is 2.84. The number of rotatable bonds is 6. The van der Waals surface area contributed by atoms with Gasteiger partial charge >= 0.3 is 5.97 Å². The second kappa shape index (κ2) is 6.88. The van der Waals surface area contributed by atoms with Crippen LogP contribution in [0.5, 0.6) is 0 Å². The van der Waals surface area contributed by atoms with Crippen LogP contribution >= 0.6 is 11.6 Å². The Balaban J connectivity index is 2.89. The lowest BCUT2D eigenvalue weighted by molar-refractivity contribution is -0.144. The average Bonchev–Trinajstić information content (AvgIpc) is 2.38. The van der Waals surface area contributed by atoms with E-state index in [9.17, 15) is 13.2 Å². The molecule has 0 aliphatic carbocycles. The van der Waals surface area contributed by atoms with Crippen molar-refractivity contribution < 1.29 is 17.9 Å². The normalized spacial score (nSPS) is 13.0. The predicted molar refractivity (Wildman–Crippen MR) is 72.4 cm³/mol. The van der Waals surface area contributed by atoms with Crippen molar-refractivity contribution in [1.82, 2.24) is 4.72 Å². The largest absolute Gasteiger partial charge is 0.465 e. The molecule has 1 aromatic carbocycles. The second-order valence-corrected chi connectivity index (χ2v) is 5.86. The molecule has 0 aliphatic heterocycles. The molecule has 0 heterocycles. The zero-order valence-electron chi connectivity index (χ0n) is 10.7. The number of halogens is 1. The second-order valence-electron chi connectivity index (χ2n) is 3.88. The molecule has 0 fully saturated rings. The van der Waals surface area contributed by atoms with Crippen LogP contribution in [0.4, 0.5) is 0 Å². The summed E-state index contributed by atoms with van der Waals surface area (Å²) in [5.41, 5.74) is 0.688. The number of nitrogens with one attached hydrogen (secondary N) is 1. The lowest BCUT2D eigenvalue weighted by Gasteiger charge is -2.13. The molecule has 106 valence electrons. The zero-order valence-corrected chi connectivity index (χ0v) is 12.3. The molecule has 0 aliphatic rings. The van der Waals surface area contributed by atoms with Crippen molar-refractivity contribution >= 4 is 27.6 Å². The van der Waals surface area contributed by atoms with Gasteiger partial charge in [0, 0.05) is 5.88 Å². The Kier molecular flexibility index (Phi) is 5.78. The third-order valence-electron chi connectivity index (χ3n) is 2.34. The molecular formula is C12H16ClNO4S. The van der Waals surface area contributed by atoms with Crippen molar-refractivity contribution in [2.75, 3.05) is 6.61 Å². The number of benzene rings is 1. The van der Waals surface area contributed by atoms with Gasteiger partial charge in [0.2, 0.25) is 10.0 Å². The quantitative estimate of drug-likeness (QED) is 0.641. The summed E-state index contributed by atoms with van der Waals surface area (Å²) in [4.78, 5) is 11.5. The highest BCUT2D eigenvalue weighted by atomic mass is 35.5. The first-order valence-electron chi connectivity index (χ1n) is 5.74. The van der Waals surface area contributed by atoms with Crippen molar-refractivity contribution in [1.29, 1.82) is 0 Å². The highest BCUT2D eigenvalue weighted by Crippen LogP contribution is 2.13. The molecule has 0 bridgehead atoms. The molecule has 0 radical (unpaired) electrons. The number of hydrogen-bond donors (Lipinski definition) is 1. The highest BCUT2D eigenvalue weighted by molar-refractivity contribution is 7.89. The van der Waals surface area contributed by atoms with Gasteiger partial charge in [0.15, 0.2) is 0 Å². The van der Waals surface area contributed by atoms with E-state index in [2.05, 4.69) is 4.72 Å². The maximum absolute atomic E-state index is 12.1. The molecule has 1 rings (SSSR count). The number of hydrogen-bond acceptors (Lipinski definition) is 4. The standard InChI is InChI=1S/C12H16ClNO4S/c1-3-18-12(15)9(2)14-19(16,17)11-6-4-5-10(7-11)8-13/h4-7,9,14H,3,8H2,1-2H3. The summed E-state index contributed by atoms with van der Waals surface area (Å²) in [5.74, 6) is -0.392. The minimum Gasteiger partial charge on any atom is -0.465 e. The summed E-state index contributed by atoms with van der Waals surface area (Å²) in [5, 5.41) is 0. The molecule has 0 saturated carbocycles. The van der Waals surface area contributed by atoms with Crippen LogP contribution in [-0.2, 0) is 25.4 Å². The molecule has 0 spiro atoms. The molecule has 0 saturated heterocycles. The summed E-state index contributed by atoms with van der Waals surface area (Å²) >= 11 is 5.66. The molecule has 1 unspecified atom stereocenters. The van der Waals surface area contributed by atoms with Crippen molar-refractivity contribution in [3.8, 4) is 0 Å². The third-order valence-corrected chi connectivity index (χ3v) is 4.18. The number of esters is 1. The number of sulfonamides is 1. The first kappa shape index (κ1) is 15.9. The lowest BCUT2D eigenvalue weighted by Crippen LogP contribution is -2.39. The first-order chi connectivity index (χ1) is 8.90. The molecule has 1 aromatic rings. The minimum absolute atomic E-state index is 0.0711. The summed E-state index contributed by atoms with van der Waals surface area (Å²) in [6.45, 7) is 3.29. The van der Waals surface area contributed by atoms with Crippen molar-refractivity contribution in [3.05, 3.63) is 29.8 Å². The summed E-state index contributed by atoms with van der Waals surface area (Å²) in [7, 11) is -3.76. The predicted octanol–water partition coefficient (Wildman–Crippen LogP) is 1.66. The van der Waals surface area contributed by atoms with Crippen LogP contribution in [-0.4, -0.2) is 27.0 Å². The van der Waals surface area contributed by atoms with E-state index in [1.165, 1.54) is 19.1 Å². The van der Waals surface area contributed by atoms with E-state index >= 15 is 0 Å².